The standard InChI is InChI=1S/C14H24N4S/c1-5-11-12-13(17(4)16-11)18(14(19)15-12)9-7-6-8-10(2)3/h10H,5-9H2,1-4H3,(H,15,19). The number of hydrogen-bond donors (Lipinski definition) is 1. The third-order valence-electron chi connectivity index (χ3n) is 3.57. The van der Waals surface area contributed by atoms with Crippen LogP contribution in [0.15, 0.2) is 0 Å². The van der Waals surface area contributed by atoms with Crippen LogP contribution in [0.1, 0.15) is 45.7 Å². The number of rotatable bonds is 6. The Morgan fingerprint density at radius 3 is 2.68 bits per heavy atom. The van der Waals surface area contributed by atoms with E-state index in [0.29, 0.717) is 0 Å². The van der Waals surface area contributed by atoms with Crippen LogP contribution in [0.25, 0.3) is 11.2 Å². The minimum absolute atomic E-state index is 0.780. The Morgan fingerprint density at radius 2 is 2.05 bits per heavy atom. The molecule has 0 saturated heterocycles. The first-order valence-corrected chi connectivity index (χ1v) is 7.59. The minimum Gasteiger partial charge on any atom is -0.328 e. The highest BCUT2D eigenvalue weighted by molar-refractivity contribution is 7.71. The van der Waals surface area contributed by atoms with Crippen molar-refractivity contribution in [1.82, 2.24) is 19.3 Å². The monoisotopic (exact) mass is 280 g/mol. The highest BCUT2D eigenvalue weighted by atomic mass is 32.1. The van der Waals surface area contributed by atoms with Gasteiger partial charge < -0.3 is 9.55 Å². The summed E-state index contributed by atoms with van der Waals surface area (Å²) < 4.78 is 4.96. The third kappa shape index (κ3) is 2.91. The fourth-order valence-electron chi connectivity index (χ4n) is 2.56. The highest BCUT2D eigenvalue weighted by Crippen LogP contribution is 2.19. The van der Waals surface area contributed by atoms with Crippen LogP contribution < -0.4 is 0 Å². The molecule has 5 heteroatoms. The van der Waals surface area contributed by atoms with E-state index in [4.69, 9.17) is 12.2 Å². The molecule has 1 N–H and O–H groups in total. The maximum absolute atomic E-state index is 5.44. The van der Waals surface area contributed by atoms with Gasteiger partial charge in [0.1, 0.15) is 5.52 Å². The number of fused-ring (bicyclic) bond motifs is 1. The number of nitrogens with one attached hydrogen (secondary N) is 1. The maximum atomic E-state index is 5.44. The van der Waals surface area contributed by atoms with Gasteiger partial charge in [0.15, 0.2) is 10.4 Å². The van der Waals surface area contributed by atoms with Crippen LogP contribution in [0.4, 0.5) is 0 Å². The van der Waals surface area contributed by atoms with Crippen molar-refractivity contribution in [2.75, 3.05) is 0 Å². The Kier molecular flexibility index (Phi) is 4.45. The molecule has 2 aromatic heterocycles. The van der Waals surface area contributed by atoms with Crippen molar-refractivity contribution >= 4 is 23.4 Å². The molecule has 0 aliphatic rings. The van der Waals surface area contributed by atoms with Crippen molar-refractivity contribution in [3.8, 4) is 0 Å². The molecule has 0 radical (unpaired) electrons. The summed E-state index contributed by atoms with van der Waals surface area (Å²) in [6, 6.07) is 0. The van der Waals surface area contributed by atoms with Crippen LogP contribution in [-0.4, -0.2) is 19.3 Å². The van der Waals surface area contributed by atoms with Crippen molar-refractivity contribution in [1.29, 1.82) is 0 Å². The van der Waals surface area contributed by atoms with Crippen LogP contribution in [0.2, 0.25) is 0 Å². The molecule has 106 valence electrons. The Bertz CT molecular complexity index is 603. The Labute approximate surface area is 119 Å². The van der Waals surface area contributed by atoms with E-state index < -0.39 is 0 Å². The molecule has 0 bridgehead atoms. The van der Waals surface area contributed by atoms with Crippen molar-refractivity contribution in [3.05, 3.63) is 10.5 Å². The van der Waals surface area contributed by atoms with Crippen molar-refractivity contribution in [2.45, 2.75) is 53.0 Å². The van der Waals surface area contributed by atoms with E-state index in [9.17, 15) is 0 Å². The van der Waals surface area contributed by atoms with E-state index in [0.717, 1.165) is 40.5 Å². The molecular formula is C14H24N4S. The summed E-state index contributed by atoms with van der Waals surface area (Å²) in [4.78, 5) is 3.31. The average Bonchev–Trinajstić information content (AvgIpc) is 2.83. The Hall–Kier alpha value is -1.10. The smallest absolute Gasteiger partial charge is 0.179 e. The number of H-pyrrole nitrogens is 1. The molecule has 0 aromatic carbocycles. The van der Waals surface area contributed by atoms with Crippen LogP contribution in [0.3, 0.4) is 0 Å². The molecule has 4 nitrogen and oxygen atoms in total. The molecule has 2 aromatic rings. The first kappa shape index (κ1) is 14.3. The molecule has 0 unspecified atom stereocenters. The summed E-state index contributed by atoms with van der Waals surface area (Å²) in [5.74, 6) is 0.780. The molecule has 0 aliphatic heterocycles. The fraction of sp³-hybridized carbons (Fsp3) is 0.714. The van der Waals surface area contributed by atoms with Crippen LogP contribution in [0, 0.1) is 10.7 Å². The van der Waals surface area contributed by atoms with Gasteiger partial charge in [0.25, 0.3) is 0 Å². The number of nitrogens with zero attached hydrogens (tertiary/aromatic N) is 3. The van der Waals surface area contributed by atoms with Gasteiger partial charge in [0.2, 0.25) is 0 Å². The lowest BCUT2D eigenvalue weighted by atomic mass is 10.1. The van der Waals surface area contributed by atoms with Gasteiger partial charge in [0, 0.05) is 13.6 Å². The van der Waals surface area contributed by atoms with Crippen molar-refractivity contribution in [2.24, 2.45) is 13.0 Å². The summed E-state index contributed by atoms with van der Waals surface area (Å²) in [6.07, 6.45) is 4.64. The van der Waals surface area contributed by atoms with Gasteiger partial charge in [-0.3, -0.25) is 4.68 Å². The number of aromatic nitrogens is 4. The lowest BCUT2D eigenvalue weighted by Gasteiger charge is -2.06. The molecule has 2 rings (SSSR count). The van der Waals surface area contributed by atoms with Crippen LogP contribution >= 0.6 is 12.2 Å². The zero-order valence-electron chi connectivity index (χ0n) is 12.4. The van der Waals surface area contributed by atoms with Gasteiger partial charge >= 0.3 is 0 Å². The lowest BCUT2D eigenvalue weighted by molar-refractivity contribution is 0.508. The summed E-state index contributed by atoms with van der Waals surface area (Å²) in [5, 5.41) is 4.54. The zero-order chi connectivity index (χ0) is 14.0. The van der Waals surface area contributed by atoms with Gasteiger partial charge in [-0.25, -0.2) is 0 Å². The van der Waals surface area contributed by atoms with Crippen molar-refractivity contribution in [3.63, 3.8) is 0 Å². The highest BCUT2D eigenvalue weighted by Gasteiger charge is 2.13. The molecular weight excluding hydrogens is 256 g/mol. The number of aryl methyl sites for hydroxylation is 3. The Balaban J connectivity index is 2.20. The lowest BCUT2D eigenvalue weighted by Crippen LogP contribution is -2.03. The first-order valence-electron chi connectivity index (χ1n) is 7.19. The summed E-state index contributed by atoms with van der Waals surface area (Å²) in [5.41, 5.74) is 3.34. The largest absolute Gasteiger partial charge is 0.328 e. The van der Waals surface area contributed by atoms with Crippen LogP contribution in [0.5, 0.6) is 0 Å². The van der Waals surface area contributed by atoms with E-state index >= 15 is 0 Å². The predicted octanol–water partition coefficient (Wildman–Crippen LogP) is 3.82. The van der Waals surface area contributed by atoms with E-state index in [1.165, 1.54) is 19.3 Å². The normalized spacial score (nSPS) is 11.8. The summed E-state index contributed by atoms with van der Waals surface area (Å²) >= 11 is 5.44. The van der Waals surface area contributed by atoms with Crippen LogP contribution in [-0.2, 0) is 20.0 Å². The molecule has 0 spiro atoms. The first-order chi connectivity index (χ1) is 9.04. The maximum Gasteiger partial charge on any atom is 0.179 e. The second kappa shape index (κ2) is 5.90. The number of hydrogen-bond acceptors (Lipinski definition) is 2. The van der Waals surface area contributed by atoms with E-state index in [2.05, 4.69) is 35.4 Å². The van der Waals surface area contributed by atoms with E-state index in [1.54, 1.807) is 0 Å². The second-order valence-electron chi connectivity index (χ2n) is 5.59. The van der Waals surface area contributed by atoms with E-state index in [-0.39, 0.29) is 0 Å². The summed E-state index contributed by atoms with van der Waals surface area (Å²) in [6.45, 7) is 7.65. The fourth-order valence-corrected chi connectivity index (χ4v) is 2.83. The molecule has 0 amide bonds. The topological polar surface area (TPSA) is 38.5 Å². The van der Waals surface area contributed by atoms with Gasteiger partial charge in [-0.05, 0) is 31.0 Å². The molecule has 2 heterocycles. The minimum atomic E-state index is 0.780. The molecule has 0 aliphatic carbocycles. The third-order valence-corrected chi connectivity index (χ3v) is 3.89. The number of imidazole rings is 1. The molecule has 0 fully saturated rings. The quantitative estimate of drug-likeness (QED) is 0.645. The van der Waals surface area contributed by atoms with Gasteiger partial charge in [-0.1, -0.05) is 33.6 Å². The van der Waals surface area contributed by atoms with E-state index in [1.807, 2.05) is 11.7 Å². The zero-order valence-corrected chi connectivity index (χ0v) is 13.2. The van der Waals surface area contributed by atoms with Gasteiger partial charge in [0.05, 0.1) is 5.69 Å². The second-order valence-corrected chi connectivity index (χ2v) is 5.98. The molecule has 19 heavy (non-hydrogen) atoms. The molecule has 0 saturated carbocycles. The van der Waals surface area contributed by atoms with Gasteiger partial charge in [-0.15, -0.1) is 0 Å². The summed E-state index contributed by atoms with van der Waals surface area (Å²) in [7, 11) is 1.99. The molecule has 0 atom stereocenters. The SMILES string of the molecule is CCc1nn(C)c2c1[nH]c(=S)n2CCCCC(C)C. The predicted molar refractivity (Wildman–Crippen MR) is 82.0 cm³/mol. The van der Waals surface area contributed by atoms with Crippen molar-refractivity contribution < 1.29 is 0 Å². The number of aromatic amines is 1. The van der Waals surface area contributed by atoms with Gasteiger partial charge in [-0.2, -0.15) is 5.10 Å². The number of unbranched alkanes of at least 4 members (excludes halogenated alkanes) is 1. The average molecular weight is 280 g/mol. The Morgan fingerprint density at radius 1 is 1.32 bits per heavy atom.